The number of hydrogen-bond acceptors (Lipinski definition) is 1. The van der Waals surface area contributed by atoms with E-state index in [0.717, 1.165) is 12.8 Å². The zero-order valence-corrected chi connectivity index (χ0v) is 18.2. The summed E-state index contributed by atoms with van der Waals surface area (Å²) in [6.45, 7) is 6.89. The molecule has 152 valence electrons. The summed E-state index contributed by atoms with van der Waals surface area (Å²) in [4.78, 5) is 4.18. The highest BCUT2D eigenvalue weighted by atomic mass is 14.9. The molecule has 0 radical (unpaired) electrons. The molecule has 0 bridgehead atoms. The molecule has 0 N–H and O–H groups in total. The molecule has 30 heavy (non-hydrogen) atoms. The van der Waals surface area contributed by atoms with Crippen molar-refractivity contribution in [3.63, 3.8) is 0 Å². The minimum atomic E-state index is -0.473. The van der Waals surface area contributed by atoms with Gasteiger partial charge in [0.2, 0.25) is 5.39 Å². The Hall–Kier alpha value is -2.92. The first-order valence-corrected chi connectivity index (χ1v) is 11.1. The van der Waals surface area contributed by atoms with Crippen molar-refractivity contribution in [2.75, 3.05) is 0 Å². The van der Waals surface area contributed by atoms with Gasteiger partial charge in [-0.15, -0.1) is 0 Å². The molecular formula is C28H31N2+. The van der Waals surface area contributed by atoms with Crippen molar-refractivity contribution in [3.05, 3.63) is 113 Å². The van der Waals surface area contributed by atoms with Crippen LogP contribution in [-0.4, -0.2) is 6.04 Å². The molecule has 4 rings (SSSR count). The van der Waals surface area contributed by atoms with Gasteiger partial charge in [-0.3, -0.25) is 0 Å². The van der Waals surface area contributed by atoms with Gasteiger partial charge in [0, 0.05) is 11.3 Å². The van der Waals surface area contributed by atoms with E-state index in [1.807, 2.05) is 0 Å². The number of benzene rings is 3. The minimum Gasteiger partial charge on any atom is -0.0622 e. The molecule has 0 aromatic heterocycles. The average Bonchev–Trinajstić information content (AvgIpc) is 2.80. The maximum Gasteiger partial charge on any atom is 0.331 e. The molecule has 3 unspecified atom stereocenters. The first-order valence-electron chi connectivity index (χ1n) is 11.1. The van der Waals surface area contributed by atoms with Gasteiger partial charge in [0.15, 0.2) is 0 Å². The third-order valence-electron chi connectivity index (χ3n) is 7.55. The SMILES string of the molecule is CC(C)C1CCC(C)(c2ccccc2)C(c2ccccc2)(c2ccccc2)C1[N+]#N. The van der Waals surface area contributed by atoms with Crippen LogP contribution in [-0.2, 0) is 10.8 Å². The standard InChI is InChI=1S/C28H31N2/c1-21(2)25-19-20-27(3,22-13-7-4-8-14-22)28(26(25)30-29,23-15-9-5-10-16-23)24-17-11-6-12-18-24/h4-18,21,25-26H,19-20H2,1-3H3/q+1. The lowest BCUT2D eigenvalue weighted by molar-refractivity contribution is 0.105. The van der Waals surface area contributed by atoms with Crippen LogP contribution in [0.5, 0.6) is 0 Å². The molecule has 1 aliphatic carbocycles. The van der Waals surface area contributed by atoms with Crippen LogP contribution in [0.1, 0.15) is 50.3 Å². The topological polar surface area (TPSA) is 28.1 Å². The third-order valence-corrected chi connectivity index (χ3v) is 7.55. The van der Waals surface area contributed by atoms with Crippen LogP contribution in [0.2, 0.25) is 0 Å². The molecule has 3 atom stereocenters. The quantitative estimate of drug-likeness (QED) is 0.429. The van der Waals surface area contributed by atoms with Crippen LogP contribution < -0.4 is 0 Å². The normalized spacial score (nSPS) is 25.6. The fraction of sp³-hybridized carbons (Fsp3) is 0.357. The summed E-state index contributed by atoms with van der Waals surface area (Å²) in [5.74, 6) is 0.727. The number of diazo groups is 1. The van der Waals surface area contributed by atoms with Gasteiger partial charge in [-0.05, 0) is 35.4 Å². The summed E-state index contributed by atoms with van der Waals surface area (Å²) >= 11 is 0. The molecule has 1 saturated carbocycles. The molecule has 1 fully saturated rings. The third kappa shape index (κ3) is 2.96. The predicted octanol–water partition coefficient (Wildman–Crippen LogP) is 7.22. The Kier molecular flexibility index (Phi) is 5.48. The number of rotatable bonds is 4. The van der Waals surface area contributed by atoms with E-state index in [-0.39, 0.29) is 11.5 Å². The monoisotopic (exact) mass is 395 g/mol. The molecule has 0 spiro atoms. The van der Waals surface area contributed by atoms with Crippen LogP contribution in [0.15, 0.2) is 91.0 Å². The molecule has 3 aromatic rings. The Morgan fingerprint density at radius 3 is 1.60 bits per heavy atom. The zero-order valence-electron chi connectivity index (χ0n) is 18.2. The minimum absolute atomic E-state index is 0.223. The van der Waals surface area contributed by atoms with Crippen molar-refractivity contribution in [2.24, 2.45) is 11.8 Å². The van der Waals surface area contributed by atoms with Crippen molar-refractivity contribution in [2.45, 2.75) is 50.5 Å². The molecule has 1 aliphatic rings. The molecule has 2 heteroatoms. The summed E-state index contributed by atoms with van der Waals surface area (Å²) in [7, 11) is 0. The summed E-state index contributed by atoms with van der Waals surface area (Å²) in [6.07, 6.45) is 2.08. The Morgan fingerprint density at radius 1 is 0.767 bits per heavy atom. The van der Waals surface area contributed by atoms with Crippen molar-refractivity contribution in [3.8, 4) is 0 Å². The predicted molar refractivity (Wildman–Crippen MR) is 124 cm³/mol. The van der Waals surface area contributed by atoms with Gasteiger partial charge in [0.05, 0.1) is 0 Å². The van der Waals surface area contributed by atoms with E-state index in [1.165, 1.54) is 16.7 Å². The lowest BCUT2D eigenvalue weighted by Crippen LogP contribution is -2.60. The van der Waals surface area contributed by atoms with Gasteiger partial charge in [-0.1, -0.05) is 112 Å². The Labute approximate surface area is 180 Å². The van der Waals surface area contributed by atoms with E-state index in [9.17, 15) is 5.39 Å². The Balaban J connectivity index is 2.12. The highest BCUT2D eigenvalue weighted by Gasteiger charge is 2.67. The molecule has 0 amide bonds. The van der Waals surface area contributed by atoms with Crippen LogP contribution >= 0.6 is 0 Å². The molecule has 0 saturated heterocycles. The van der Waals surface area contributed by atoms with E-state index in [2.05, 4.69) is 117 Å². The summed E-state index contributed by atoms with van der Waals surface area (Å²) in [6, 6.07) is 32.0. The summed E-state index contributed by atoms with van der Waals surface area (Å²) in [5.41, 5.74) is 3.04. The second-order valence-corrected chi connectivity index (χ2v) is 9.25. The molecule has 0 aliphatic heterocycles. The van der Waals surface area contributed by atoms with Crippen molar-refractivity contribution in [1.29, 1.82) is 5.39 Å². The van der Waals surface area contributed by atoms with Crippen LogP contribution in [0, 0.1) is 17.2 Å². The Bertz CT molecular complexity index is 965. The van der Waals surface area contributed by atoms with Crippen molar-refractivity contribution < 1.29 is 0 Å². The van der Waals surface area contributed by atoms with E-state index in [0.29, 0.717) is 11.8 Å². The molecular weight excluding hydrogens is 364 g/mol. The van der Waals surface area contributed by atoms with Crippen molar-refractivity contribution in [1.82, 2.24) is 0 Å². The van der Waals surface area contributed by atoms with E-state index < -0.39 is 5.41 Å². The fourth-order valence-corrected chi connectivity index (χ4v) is 6.05. The van der Waals surface area contributed by atoms with Gasteiger partial charge >= 0.3 is 6.04 Å². The summed E-state index contributed by atoms with van der Waals surface area (Å²) in [5, 5.41) is 10.6. The maximum atomic E-state index is 10.6. The fourth-order valence-electron chi connectivity index (χ4n) is 6.05. The van der Waals surface area contributed by atoms with Crippen LogP contribution in [0.25, 0.3) is 4.98 Å². The van der Waals surface area contributed by atoms with E-state index in [4.69, 9.17) is 0 Å². The first kappa shape index (κ1) is 20.4. The second kappa shape index (κ2) is 8.07. The van der Waals surface area contributed by atoms with Gasteiger partial charge in [0.1, 0.15) is 10.4 Å². The van der Waals surface area contributed by atoms with Gasteiger partial charge in [0.25, 0.3) is 0 Å². The Morgan fingerprint density at radius 2 is 1.20 bits per heavy atom. The number of hydrogen-bond donors (Lipinski definition) is 0. The summed E-state index contributed by atoms with van der Waals surface area (Å²) < 4.78 is 0. The molecule has 0 heterocycles. The second-order valence-electron chi connectivity index (χ2n) is 9.25. The zero-order chi connectivity index (χ0) is 21.2. The van der Waals surface area contributed by atoms with Gasteiger partial charge in [-0.25, -0.2) is 0 Å². The van der Waals surface area contributed by atoms with Crippen LogP contribution in [0.3, 0.4) is 0 Å². The van der Waals surface area contributed by atoms with Crippen LogP contribution in [0.4, 0.5) is 0 Å². The largest absolute Gasteiger partial charge is 0.331 e. The van der Waals surface area contributed by atoms with Crippen molar-refractivity contribution >= 4 is 0 Å². The maximum absolute atomic E-state index is 10.6. The smallest absolute Gasteiger partial charge is 0.0622 e. The highest BCUT2D eigenvalue weighted by Crippen LogP contribution is 2.60. The van der Waals surface area contributed by atoms with Gasteiger partial charge in [-0.2, -0.15) is 0 Å². The highest BCUT2D eigenvalue weighted by molar-refractivity contribution is 5.52. The van der Waals surface area contributed by atoms with E-state index in [1.54, 1.807) is 0 Å². The lowest BCUT2D eigenvalue weighted by atomic mass is 9.45. The first-order chi connectivity index (χ1) is 14.6. The molecule has 3 aromatic carbocycles. The lowest BCUT2D eigenvalue weighted by Gasteiger charge is -2.54. The van der Waals surface area contributed by atoms with Gasteiger partial charge < -0.3 is 0 Å². The van der Waals surface area contributed by atoms with E-state index >= 15 is 0 Å². The number of nitrogens with zero attached hydrogens (tertiary/aromatic N) is 2. The molecule has 2 nitrogen and oxygen atoms in total. The average molecular weight is 396 g/mol.